The lowest BCUT2D eigenvalue weighted by Crippen LogP contribution is -2.25. The molecule has 0 aliphatic rings. The Labute approximate surface area is 178 Å². The van der Waals surface area contributed by atoms with E-state index in [1.165, 1.54) is 11.8 Å². The molecule has 0 spiro atoms. The van der Waals surface area contributed by atoms with E-state index in [0.29, 0.717) is 28.6 Å². The Balaban J connectivity index is 1.53. The summed E-state index contributed by atoms with van der Waals surface area (Å²) < 4.78 is 0. The standard InChI is InChI=1S/C22H20ClN3O2S/c23-18-7-3-5-16(11-18)14-29-15-21(27)26-20-9-2-1-8-19(20)22(28)25-13-17-6-4-10-24-12-17/h1-12H,13-15H2,(H,25,28)(H,26,27). The van der Waals surface area contributed by atoms with Gasteiger partial charge in [0.1, 0.15) is 0 Å². The first-order chi connectivity index (χ1) is 14.1. The number of nitrogens with zero attached hydrogens (tertiary/aromatic N) is 1. The molecular formula is C22H20ClN3O2S. The van der Waals surface area contributed by atoms with Crippen molar-refractivity contribution in [2.45, 2.75) is 12.3 Å². The zero-order chi connectivity index (χ0) is 20.5. The third-order valence-corrected chi connectivity index (χ3v) is 5.25. The van der Waals surface area contributed by atoms with Crippen LogP contribution in [0.3, 0.4) is 0 Å². The Bertz CT molecular complexity index is 983. The van der Waals surface area contributed by atoms with Gasteiger partial charge >= 0.3 is 0 Å². The van der Waals surface area contributed by atoms with E-state index < -0.39 is 0 Å². The molecule has 0 saturated heterocycles. The molecule has 2 aromatic carbocycles. The third-order valence-electron chi connectivity index (χ3n) is 4.01. The largest absolute Gasteiger partial charge is 0.348 e. The van der Waals surface area contributed by atoms with Crippen molar-refractivity contribution in [1.29, 1.82) is 0 Å². The van der Waals surface area contributed by atoms with Crippen molar-refractivity contribution in [2.24, 2.45) is 0 Å². The van der Waals surface area contributed by atoms with Gasteiger partial charge in [-0.2, -0.15) is 0 Å². The minimum Gasteiger partial charge on any atom is -0.348 e. The maximum atomic E-state index is 12.6. The summed E-state index contributed by atoms with van der Waals surface area (Å²) in [7, 11) is 0. The Morgan fingerprint density at radius 2 is 1.83 bits per heavy atom. The van der Waals surface area contributed by atoms with Crippen molar-refractivity contribution in [3.63, 3.8) is 0 Å². The van der Waals surface area contributed by atoms with Crippen LogP contribution >= 0.6 is 23.4 Å². The van der Waals surface area contributed by atoms with Gasteiger partial charge in [-0.05, 0) is 41.5 Å². The van der Waals surface area contributed by atoms with Gasteiger partial charge in [-0.25, -0.2) is 0 Å². The summed E-state index contributed by atoms with van der Waals surface area (Å²) in [5.41, 5.74) is 2.87. The van der Waals surface area contributed by atoms with Gasteiger partial charge in [-0.1, -0.05) is 41.9 Å². The molecule has 0 atom stereocenters. The number of anilines is 1. The first kappa shape index (κ1) is 20.9. The predicted molar refractivity (Wildman–Crippen MR) is 118 cm³/mol. The molecule has 2 N–H and O–H groups in total. The third kappa shape index (κ3) is 6.62. The van der Waals surface area contributed by atoms with Gasteiger partial charge in [0.2, 0.25) is 5.91 Å². The lowest BCUT2D eigenvalue weighted by Gasteiger charge is -2.11. The van der Waals surface area contributed by atoms with Crippen molar-refractivity contribution in [2.75, 3.05) is 11.1 Å². The van der Waals surface area contributed by atoms with Gasteiger partial charge in [0, 0.05) is 29.7 Å². The van der Waals surface area contributed by atoms with Crippen molar-refractivity contribution in [3.05, 3.63) is 94.8 Å². The number of halogens is 1. The SMILES string of the molecule is O=C(CSCc1cccc(Cl)c1)Nc1ccccc1C(=O)NCc1cccnc1. The van der Waals surface area contributed by atoms with E-state index in [4.69, 9.17) is 11.6 Å². The Morgan fingerprint density at radius 1 is 1.00 bits per heavy atom. The number of aromatic nitrogens is 1. The molecule has 3 aromatic rings. The van der Waals surface area contributed by atoms with Gasteiger partial charge in [0.25, 0.3) is 5.91 Å². The minimum absolute atomic E-state index is 0.162. The van der Waals surface area contributed by atoms with E-state index in [1.54, 1.807) is 36.7 Å². The zero-order valence-corrected chi connectivity index (χ0v) is 17.2. The normalized spacial score (nSPS) is 10.4. The lowest BCUT2D eigenvalue weighted by molar-refractivity contribution is -0.113. The molecule has 0 unspecified atom stereocenters. The number of thioether (sulfide) groups is 1. The highest BCUT2D eigenvalue weighted by atomic mass is 35.5. The maximum absolute atomic E-state index is 12.6. The highest BCUT2D eigenvalue weighted by molar-refractivity contribution is 7.99. The number of carbonyl (C=O) groups excluding carboxylic acids is 2. The number of pyridine rings is 1. The molecule has 1 heterocycles. The molecule has 7 heteroatoms. The molecule has 0 fully saturated rings. The second kappa shape index (κ2) is 10.6. The average Bonchev–Trinajstić information content (AvgIpc) is 2.73. The van der Waals surface area contributed by atoms with Crippen LogP contribution < -0.4 is 10.6 Å². The van der Waals surface area contributed by atoms with Gasteiger partial charge < -0.3 is 10.6 Å². The molecule has 0 aliphatic carbocycles. The number of hydrogen-bond acceptors (Lipinski definition) is 4. The number of amides is 2. The molecule has 0 aliphatic heterocycles. The first-order valence-electron chi connectivity index (χ1n) is 9.00. The van der Waals surface area contributed by atoms with E-state index in [1.807, 2.05) is 36.4 Å². The van der Waals surface area contributed by atoms with Crippen LogP contribution in [-0.4, -0.2) is 22.6 Å². The van der Waals surface area contributed by atoms with E-state index >= 15 is 0 Å². The van der Waals surface area contributed by atoms with Crippen LogP contribution in [0.2, 0.25) is 5.02 Å². The fraction of sp³-hybridized carbons (Fsp3) is 0.136. The van der Waals surface area contributed by atoms with Gasteiger partial charge in [0.05, 0.1) is 17.0 Å². The number of benzene rings is 2. The van der Waals surface area contributed by atoms with E-state index in [9.17, 15) is 9.59 Å². The smallest absolute Gasteiger partial charge is 0.253 e. The van der Waals surface area contributed by atoms with Crippen LogP contribution in [0.15, 0.2) is 73.1 Å². The van der Waals surface area contributed by atoms with Crippen LogP contribution in [0.25, 0.3) is 0 Å². The summed E-state index contributed by atoms with van der Waals surface area (Å²) in [6.45, 7) is 0.366. The summed E-state index contributed by atoms with van der Waals surface area (Å²) in [6.07, 6.45) is 3.38. The molecule has 1 aromatic heterocycles. The topological polar surface area (TPSA) is 71.1 Å². The molecule has 148 valence electrons. The van der Waals surface area contributed by atoms with E-state index in [2.05, 4.69) is 15.6 Å². The van der Waals surface area contributed by atoms with Gasteiger partial charge in [-0.15, -0.1) is 11.8 Å². The molecule has 0 saturated carbocycles. The fourth-order valence-corrected chi connectivity index (χ4v) is 3.63. The quantitative estimate of drug-likeness (QED) is 0.556. The van der Waals surface area contributed by atoms with Crippen LogP contribution in [0.1, 0.15) is 21.5 Å². The lowest BCUT2D eigenvalue weighted by atomic mass is 10.1. The van der Waals surface area contributed by atoms with Crippen molar-refractivity contribution < 1.29 is 9.59 Å². The summed E-state index contributed by atoms with van der Waals surface area (Å²) in [5, 5.41) is 6.36. The van der Waals surface area contributed by atoms with Crippen LogP contribution in [0, 0.1) is 0 Å². The molecule has 2 amide bonds. The summed E-state index contributed by atoms with van der Waals surface area (Å²) in [4.78, 5) is 28.9. The van der Waals surface area contributed by atoms with Crippen LogP contribution in [0.5, 0.6) is 0 Å². The molecule has 0 bridgehead atoms. The zero-order valence-electron chi connectivity index (χ0n) is 15.6. The highest BCUT2D eigenvalue weighted by Crippen LogP contribution is 2.18. The maximum Gasteiger partial charge on any atom is 0.253 e. The Morgan fingerprint density at radius 3 is 2.62 bits per heavy atom. The number of hydrogen-bond donors (Lipinski definition) is 2. The van der Waals surface area contributed by atoms with Gasteiger partial charge in [-0.3, -0.25) is 14.6 Å². The number of nitrogens with one attached hydrogen (secondary N) is 2. The van der Waals surface area contributed by atoms with Crippen molar-refractivity contribution in [1.82, 2.24) is 10.3 Å². The average molecular weight is 426 g/mol. The Kier molecular flexibility index (Phi) is 7.67. The van der Waals surface area contributed by atoms with Gasteiger partial charge in [0.15, 0.2) is 0 Å². The molecule has 5 nitrogen and oxygen atoms in total. The molecule has 0 radical (unpaired) electrons. The fourth-order valence-electron chi connectivity index (χ4n) is 2.64. The summed E-state index contributed by atoms with van der Waals surface area (Å²) in [5.74, 6) is 0.542. The number of carbonyl (C=O) groups is 2. The first-order valence-corrected chi connectivity index (χ1v) is 10.5. The molecular weight excluding hydrogens is 406 g/mol. The van der Waals surface area contributed by atoms with E-state index in [-0.39, 0.29) is 17.6 Å². The van der Waals surface area contributed by atoms with E-state index in [0.717, 1.165) is 11.1 Å². The second-order valence-corrected chi connectivity index (χ2v) is 7.68. The predicted octanol–water partition coefficient (Wildman–Crippen LogP) is 4.54. The van der Waals surface area contributed by atoms with Crippen molar-refractivity contribution in [3.8, 4) is 0 Å². The monoisotopic (exact) mass is 425 g/mol. The summed E-state index contributed by atoms with van der Waals surface area (Å²) in [6, 6.07) is 18.2. The number of para-hydroxylation sites is 1. The van der Waals surface area contributed by atoms with Crippen molar-refractivity contribution >= 4 is 40.9 Å². The minimum atomic E-state index is -0.253. The second-order valence-electron chi connectivity index (χ2n) is 6.26. The Hall–Kier alpha value is -2.83. The highest BCUT2D eigenvalue weighted by Gasteiger charge is 2.13. The van der Waals surface area contributed by atoms with Crippen LogP contribution in [-0.2, 0) is 17.1 Å². The number of rotatable bonds is 8. The molecule has 29 heavy (non-hydrogen) atoms. The van der Waals surface area contributed by atoms with Crippen LogP contribution in [0.4, 0.5) is 5.69 Å². The molecule has 3 rings (SSSR count). The summed E-state index contributed by atoms with van der Waals surface area (Å²) >= 11 is 7.46.